The second-order valence-corrected chi connectivity index (χ2v) is 8.67. The third-order valence-corrected chi connectivity index (χ3v) is 7.06. The summed E-state index contributed by atoms with van der Waals surface area (Å²) in [5, 5.41) is 26.7. The van der Waals surface area contributed by atoms with E-state index in [4.69, 9.17) is 0 Å². The molecule has 1 aromatic rings. The van der Waals surface area contributed by atoms with Gasteiger partial charge in [-0.25, -0.2) is 14.3 Å². The van der Waals surface area contributed by atoms with Crippen molar-refractivity contribution in [1.29, 1.82) is 0 Å². The first-order valence-electron chi connectivity index (χ1n) is 9.41. The number of hydrogen-bond acceptors (Lipinski definition) is 8. The van der Waals surface area contributed by atoms with Gasteiger partial charge in [-0.1, -0.05) is 11.8 Å². The summed E-state index contributed by atoms with van der Waals surface area (Å²) in [5.74, 6) is -1.99. The van der Waals surface area contributed by atoms with E-state index in [1.54, 1.807) is 7.05 Å². The first-order valence-corrected chi connectivity index (χ1v) is 10.2. The summed E-state index contributed by atoms with van der Waals surface area (Å²) in [6.45, 7) is 0.792. The Morgan fingerprint density at radius 2 is 2.10 bits per heavy atom. The molecule has 4 aliphatic rings. The van der Waals surface area contributed by atoms with Crippen LogP contribution in [0.25, 0.3) is 0 Å². The number of tetrazole rings is 1. The van der Waals surface area contributed by atoms with Crippen LogP contribution in [0.2, 0.25) is 0 Å². The van der Waals surface area contributed by atoms with Crippen LogP contribution in [0.3, 0.4) is 0 Å². The number of aliphatic carboxylic acids is 1. The van der Waals surface area contributed by atoms with Crippen LogP contribution in [0, 0.1) is 5.92 Å². The fourth-order valence-corrected chi connectivity index (χ4v) is 5.62. The van der Waals surface area contributed by atoms with Crippen LogP contribution < -0.4 is 10.6 Å². The van der Waals surface area contributed by atoms with Crippen LogP contribution in [0.4, 0.5) is 4.79 Å². The molecule has 3 fully saturated rings. The number of carboxylic acids is 1. The van der Waals surface area contributed by atoms with Crippen molar-refractivity contribution >= 4 is 65.1 Å². The van der Waals surface area contributed by atoms with Gasteiger partial charge >= 0.3 is 41.6 Å². The predicted octanol–water partition coefficient (Wildman–Crippen LogP) is -2.54. The fourth-order valence-electron chi connectivity index (χ4n) is 4.57. The molecule has 160 valence electrons. The topological polar surface area (TPSA) is 163 Å². The van der Waals surface area contributed by atoms with E-state index in [1.165, 1.54) is 14.5 Å². The molecular weight excluding hydrogens is 439 g/mol. The molecule has 4 amide bonds. The molecule has 0 unspecified atom stereocenters. The van der Waals surface area contributed by atoms with Crippen molar-refractivity contribution in [2.45, 2.75) is 36.1 Å². The first kappa shape index (κ1) is 22.0. The van der Waals surface area contributed by atoms with E-state index < -0.39 is 30.0 Å². The van der Waals surface area contributed by atoms with Crippen LogP contribution in [0.1, 0.15) is 12.8 Å². The third kappa shape index (κ3) is 3.41. The minimum absolute atomic E-state index is 0. The van der Waals surface area contributed by atoms with Crippen molar-refractivity contribution in [3.63, 3.8) is 0 Å². The second-order valence-electron chi connectivity index (χ2n) is 7.61. The van der Waals surface area contributed by atoms with Crippen molar-refractivity contribution in [2.75, 3.05) is 13.1 Å². The number of β-lactam (4-membered cyclic amide) rings is 1. The number of aryl methyl sites for hydroxylation is 1. The average Bonchev–Trinajstić information content (AvgIpc) is 3.39. The molecule has 13 nitrogen and oxygen atoms in total. The van der Waals surface area contributed by atoms with Gasteiger partial charge in [0, 0.05) is 31.0 Å². The van der Waals surface area contributed by atoms with Gasteiger partial charge in [0.2, 0.25) is 11.1 Å². The monoisotopic (exact) mass is 458 g/mol. The zero-order valence-corrected chi connectivity index (χ0v) is 16.6. The van der Waals surface area contributed by atoms with E-state index in [-0.39, 0.29) is 53.1 Å². The Morgan fingerprint density at radius 1 is 1.32 bits per heavy atom. The van der Waals surface area contributed by atoms with Gasteiger partial charge in [-0.3, -0.25) is 14.5 Å². The molecule has 3 saturated heterocycles. The van der Waals surface area contributed by atoms with Crippen LogP contribution in [-0.2, 0) is 21.4 Å². The Hall–Kier alpha value is -2.16. The number of hydrogen-bond donors (Lipinski definition) is 3. The van der Waals surface area contributed by atoms with E-state index in [2.05, 4.69) is 26.2 Å². The minimum atomic E-state index is -1.21. The summed E-state index contributed by atoms with van der Waals surface area (Å²) in [4.78, 5) is 52.6. The number of aromatic nitrogens is 4. The van der Waals surface area contributed by atoms with Crippen molar-refractivity contribution in [3.8, 4) is 0 Å². The number of carbonyl (C=O) groups is 4. The Labute approximate surface area is 202 Å². The van der Waals surface area contributed by atoms with E-state index >= 15 is 0 Å². The predicted molar refractivity (Wildman–Crippen MR) is 106 cm³/mol. The van der Waals surface area contributed by atoms with Gasteiger partial charge in [0.25, 0.3) is 5.91 Å². The first-order chi connectivity index (χ1) is 14.4. The molecule has 5 heterocycles. The van der Waals surface area contributed by atoms with E-state index in [0.29, 0.717) is 36.0 Å². The zero-order chi connectivity index (χ0) is 21.2. The normalized spacial score (nSPS) is 28.7. The number of carbonyl (C=O) groups excluding carboxylic acids is 3. The van der Waals surface area contributed by atoms with Gasteiger partial charge < -0.3 is 20.6 Å². The van der Waals surface area contributed by atoms with Gasteiger partial charge in [0.15, 0.2) is 0 Å². The molecule has 4 atom stereocenters. The summed E-state index contributed by atoms with van der Waals surface area (Å²) in [7, 11) is 1.64. The standard InChI is InChI=1S/C16H18N8O5S.Na.H/c1-22-16(19-20-21-22)30-8-4-6-5-23(15(29)18-7-2-3-17-12(7)25)11-9(6)24(13(11)26)10(8)14(27)28;;/h6-7,9,11H,2-5H2,1H3,(H,17,25)(H,18,29)(H,27,28);;/t6-,7+,9-,11+;;/m1../s1. The zero-order valence-electron chi connectivity index (χ0n) is 15.8. The Balaban J connectivity index is 0.00000231. The van der Waals surface area contributed by atoms with Crippen molar-refractivity contribution < 1.29 is 24.3 Å². The van der Waals surface area contributed by atoms with E-state index in [1.807, 2.05) is 0 Å². The van der Waals surface area contributed by atoms with Crippen molar-refractivity contribution in [3.05, 3.63) is 10.6 Å². The van der Waals surface area contributed by atoms with Crippen molar-refractivity contribution in [2.24, 2.45) is 13.0 Å². The molecule has 0 bridgehead atoms. The molecule has 0 spiro atoms. The number of nitrogens with zero attached hydrogens (tertiary/aromatic N) is 6. The maximum absolute atomic E-state index is 12.9. The summed E-state index contributed by atoms with van der Waals surface area (Å²) in [5.41, 5.74) is -0.0806. The second kappa shape index (κ2) is 8.07. The Morgan fingerprint density at radius 3 is 2.71 bits per heavy atom. The average molecular weight is 458 g/mol. The molecule has 0 aromatic carbocycles. The summed E-state index contributed by atoms with van der Waals surface area (Å²) >= 11 is 1.11. The number of urea groups is 1. The number of carboxylic acid groups (broad SMARTS) is 1. The maximum atomic E-state index is 12.9. The summed E-state index contributed by atoms with van der Waals surface area (Å²) in [6.07, 6.45) is 0.880. The quantitative estimate of drug-likeness (QED) is 0.326. The van der Waals surface area contributed by atoms with Gasteiger partial charge in [0.05, 0.1) is 6.04 Å². The Kier molecular flexibility index (Phi) is 5.74. The Bertz CT molecular complexity index is 1010. The molecule has 0 saturated carbocycles. The number of nitrogens with one attached hydrogen (secondary N) is 2. The molecule has 0 radical (unpaired) electrons. The molecule has 5 rings (SSSR count). The van der Waals surface area contributed by atoms with E-state index in [0.717, 1.165) is 11.8 Å². The SMILES string of the molecule is Cn1nnnc1SC1=C(C(=O)O)N2C(=O)[C@@H]3[C@H]2[C@H](C1)CN3C(=O)N[C@H]1CCNC1=O.[NaH]. The van der Waals surface area contributed by atoms with Crippen LogP contribution in [0.15, 0.2) is 15.8 Å². The molecule has 31 heavy (non-hydrogen) atoms. The fraction of sp³-hybridized carbons (Fsp3) is 0.562. The van der Waals surface area contributed by atoms with Crippen LogP contribution in [0.5, 0.6) is 0 Å². The van der Waals surface area contributed by atoms with E-state index in [9.17, 15) is 24.3 Å². The molecule has 0 aliphatic carbocycles. The van der Waals surface area contributed by atoms with Gasteiger partial charge in [-0.2, -0.15) is 0 Å². The molecule has 3 N–H and O–H groups in total. The van der Waals surface area contributed by atoms with Crippen molar-refractivity contribution in [1.82, 2.24) is 40.6 Å². The summed E-state index contributed by atoms with van der Waals surface area (Å²) in [6, 6.07) is -2.19. The van der Waals surface area contributed by atoms with Gasteiger partial charge in [-0.15, -0.1) is 5.10 Å². The molecule has 15 heteroatoms. The number of amides is 4. The third-order valence-electron chi connectivity index (χ3n) is 5.92. The molecule has 1 aromatic heterocycles. The number of allylic oxidation sites excluding steroid dienone is 1. The van der Waals surface area contributed by atoms with Crippen LogP contribution >= 0.6 is 11.8 Å². The molecular formula is C16H19N8NaO5S. The van der Waals surface area contributed by atoms with Crippen LogP contribution in [-0.4, -0.2) is 120 Å². The molecule has 4 aliphatic heterocycles. The van der Waals surface area contributed by atoms with Gasteiger partial charge in [-0.05, 0) is 23.3 Å². The number of thioether (sulfide) groups is 1. The number of rotatable bonds is 4. The van der Waals surface area contributed by atoms with Gasteiger partial charge in [0.1, 0.15) is 17.8 Å². The number of likely N-dealkylation sites (tertiary alicyclic amines) is 1. The summed E-state index contributed by atoms with van der Waals surface area (Å²) < 4.78 is 1.42.